The highest BCUT2D eigenvalue weighted by molar-refractivity contribution is 5.94. The number of anilines is 1. The molecule has 0 radical (unpaired) electrons. The molecule has 0 bridgehead atoms. The normalized spacial score (nSPS) is 14.6. The SMILES string of the molecule is O=C(CN1CCN(C(=O)c2ccc(-n3cccc3)cc2)CC1)Nc1ccc(OC(F)(F)F)cc1. The summed E-state index contributed by atoms with van der Waals surface area (Å²) in [6.07, 6.45) is -0.895. The number of hydrogen-bond donors (Lipinski definition) is 1. The fourth-order valence-corrected chi connectivity index (χ4v) is 3.72. The maximum atomic E-state index is 12.8. The summed E-state index contributed by atoms with van der Waals surface area (Å²) in [5, 5.41) is 2.66. The van der Waals surface area contributed by atoms with Crippen molar-refractivity contribution in [2.75, 3.05) is 38.0 Å². The number of alkyl halides is 3. The first-order valence-corrected chi connectivity index (χ1v) is 10.7. The number of carbonyl (C=O) groups excluding carboxylic acids is 2. The van der Waals surface area contributed by atoms with Crippen molar-refractivity contribution in [3.8, 4) is 11.4 Å². The second kappa shape index (κ2) is 10.0. The van der Waals surface area contributed by atoms with E-state index in [0.29, 0.717) is 37.4 Å². The first kappa shape index (κ1) is 23.4. The number of benzene rings is 2. The number of ether oxygens (including phenoxy) is 1. The minimum Gasteiger partial charge on any atom is -0.406 e. The predicted molar refractivity (Wildman–Crippen MR) is 120 cm³/mol. The number of aromatic nitrogens is 1. The Morgan fingerprint density at radius 2 is 1.50 bits per heavy atom. The van der Waals surface area contributed by atoms with Crippen LogP contribution in [-0.2, 0) is 4.79 Å². The summed E-state index contributed by atoms with van der Waals surface area (Å²) < 4.78 is 42.5. The molecule has 1 aliphatic heterocycles. The number of amides is 2. The lowest BCUT2D eigenvalue weighted by Gasteiger charge is -2.34. The Kier molecular flexibility index (Phi) is 6.87. The van der Waals surface area contributed by atoms with Crippen molar-refractivity contribution >= 4 is 17.5 Å². The third-order valence-corrected chi connectivity index (χ3v) is 5.42. The van der Waals surface area contributed by atoms with Crippen molar-refractivity contribution in [1.82, 2.24) is 14.4 Å². The molecule has 3 aromatic rings. The van der Waals surface area contributed by atoms with Gasteiger partial charge in [-0.1, -0.05) is 0 Å². The molecule has 2 aromatic carbocycles. The topological polar surface area (TPSA) is 66.8 Å². The van der Waals surface area contributed by atoms with Crippen molar-refractivity contribution in [2.45, 2.75) is 6.36 Å². The average molecular weight is 472 g/mol. The van der Waals surface area contributed by atoms with Crippen molar-refractivity contribution < 1.29 is 27.5 Å². The second-order valence-electron chi connectivity index (χ2n) is 7.83. The highest BCUT2D eigenvalue weighted by atomic mass is 19.4. The second-order valence-corrected chi connectivity index (χ2v) is 7.83. The molecule has 0 saturated carbocycles. The van der Waals surface area contributed by atoms with Gasteiger partial charge in [-0.2, -0.15) is 0 Å². The molecule has 2 heterocycles. The van der Waals surface area contributed by atoms with Gasteiger partial charge in [0.15, 0.2) is 0 Å². The zero-order chi connectivity index (χ0) is 24.1. The van der Waals surface area contributed by atoms with Gasteiger partial charge >= 0.3 is 6.36 Å². The number of rotatable bonds is 6. The summed E-state index contributed by atoms with van der Waals surface area (Å²) in [6, 6.07) is 16.2. The molecular weight excluding hydrogens is 449 g/mol. The predicted octanol–water partition coefficient (Wildman–Crippen LogP) is 3.77. The summed E-state index contributed by atoms with van der Waals surface area (Å²) in [5.74, 6) is -0.695. The minimum atomic E-state index is -4.76. The van der Waals surface area contributed by atoms with E-state index in [1.54, 1.807) is 4.90 Å². The van der Waals surface area contributed by atoms with E-state index in [1.165, 1.54) is 12.1 Å². The third kappa shape index (κ3) is 6.16. The van der Waals surface area contributed by atoms with Crippen LogP contribution >= 0.6 is 0 Å². The van der Waals surface area contributed by atoms with E-state index < -0.39 is 6.36 Å². The van der Waals surface area contributed by atoms with Gasteiger partial charge in [0.25, 0.3) is 5.91 Å². The Morgan fingerprint density at radius 3 is 2.09 bits per heavy atom. The lowest BCUT2D eigenvalue weighted by molar-refractivity contribution is -0.274. The van der Waals surface area contributed by atoms with Crippen LogP contribution in [0.15, 0.2) is 73.1 Å². The molecule has 10 heteroatoms. The van der Waals surface area contributed by atoms with Crippen LogP contribution in [0.3, 0.4) is 0 Å². The van der Waals surface area contributed by atoms with Crippen LogP contribution in [0.2, 0.25) is 0 Å². The van der Waals surface area contributed by atoms with E-state index >= 15 is 0 Å². The molecule has 4 rings (SSSR count). The largest absolute Gasteiger partial charge is 0.573 e. The Morgan fingerprint density at radius 1 is 0.882 bits per heavy atom. The van der Waals surface area contributed by atoms with Crippen molar-refractivity contribution in [3.05, 3.63) is 78.6 Å². The molecule has 1 N–H and O–H groups in total. The molecule has 2 amide bonds. The maximum absolute atomic E-state index is 12.8. The van der Waals surface area contributed by atoms with E-state index in [2.05, 4.69) is 10.1 Å². The average Bonchev–Trinajstić information content (AvgIpc) is 3.35. The number of hydrogen-bond acceptors (Lipinski definition) is 4. The highest BCUT2D eigenvalue weighted by Crippen LogP contribution is 2.24. The fraction of sp³-hybridized carbons (Fsp3) is 0.250. The molecule has 1 fully saturated rings. The van der Waals surface area contributed by atoms with Gasteiger partial charge in [0.05, 0.1) is 6.54 Å². The van der Waals surface area contributed by atoms with Gasteiger partial charge in [-0.25, -0.2) is 0 Å². The Labute approximate surface area is 194 Å². The lowest BCUT2D eigenvalue weighted by Crippen LogP contribution is -2.50. The Hall–Kier alpha value is -3.79. The van der Waals surface area contributed by atoms with E-state index in [-0.39, 0.29) is 24.1 Å². The minimum absolute atomic E-state index is 0.0516. The standard InChI is InChI=1S/C24H23F3N4O3/c25-24(26,27)34-21-9-5-19(6-10-21)28-22(32)17-29-13-15-31(16-14-29)23(33)18-3-7-20(8-4-18)30-11-1-2-12-30/h1-12H,13-17H2,(H,28,32). The molecule has 0 atom stereocenters. The number of nitrogens with zero attached hydrogens (tertiary/aromatic N) is 3. The third-order valence-electron chi connectivity index (χ3n) is 5.42. The fourth-order valence-electron chi connectivity index (χ4n) is 3.72. The van der Waals surface area contributed by atoms with Crippen molar-refractivity contribution in [2.24, 2.45) is 0 Å². The Balaban J connectivity index is 1.23. The quantitative estimate of drug-likeness (QED) is 0.593. The number of carbonyl (C=O) groups is 2. The zero-order valence-electron chi connectivity index (χ0n) is 18.2. The van der Waals surface area contributed by atoms with Gasteiger partial charge in [-0.05, 0) is 60.7 Å². The summed E-state index contributed by atoms with van der Waals surface area (Å²) >= 11 is 0. The number of piperazine rings is 1. The molecule has 0 aliphatic carbocycles. The van der Waals surface area contributed by atoms with Crippen LogP contribution < -0.4 is 10.1 Å². The van der Waals surface area contributed by atoms with Crippen molar-refractivity contribution in [1.29, 1.82) is 0 Å². The van der Waals surface area contributed by atoms with Gasteiger partial charge in [-0.3, -0.25) is 14.5 Å². The lowest BCUT2D eigenvalue weighted by atomic mass is 10.1. The van der Waals surface area contributed by atoms with Crippen LogP contribution in [0.1, 0.15) is 10.4 Å². The van der Waals surface area contributed by atoms with Crippen LogP contribution in [0.4, 0.5) is 18.9 Å². The molecule has 1 aromatic heterocycles. The molecule has 0 spiro atoms. The van der Waals surface area contributed by atoms with Crippen LogP contribution in [0.25, 0.3) is 5.69 Å². The van der Waals surface area contributed by atoms with Gasteiger partial charge in [0.2, 0.25) is 5.91 Å². The number of nitrogens with one attached hydrogen (secondary N) is 1. The number of halogens is 3. The molecule has 178 valence electrons. The summed E-state index contributed by atoms with van der Waals surface area (Å²) in [7, 11) is 0. The van der Waals surface area contributed by atoms with Crippen LogP contribution in [-0.4, -0.2) is 65.3 Å². The van der Waals surface area contributed by atoms with Gasteiger partial charge in [0, 0.05) is 55.5 Å². The molecule has 0 unspecified atom stereocenters. The monoisotopic (exact) mass is 472 g/mol. The van der Waals surface area contributed by atoms with Gasteiger partial charge in [-0.15, -0.1) is 13.2 Å². The van der Waals surface area contributed by atoms with E-state index in [1.807, 2.05) is 58.3 Å². The highest BCUT2D eigenvalue weighted by Gasteiger charge is 2.31. The first-order chi connectivity index (χ1) is 16.3. The smallest absolute Gasteiger partial charge is 0.406 e. The summed E-state index contributed by atoms with van der Waals surface area (Å²) in [5.41, 5.74) is 1.96. The van der Waals surface area contributed by atoms with Crippen LogP contribution in [0.5, 0.6) is 5.75 Å². The first-order valence-electron chi connectivity index (χ1n) is 10.7. The van der Waals surface area contributed by atoms with Crippen LogP contribution in [0, 0.1) is 0 Å². The van der Waals surface area contributed by atoms with E-state index in [0.717, 1.165) is 17.8 Å². The molecular formula is C24H23F3N4O3. The van der Waals surface area contributed by atoms with Gasteiger partial charge < -0.3 is 19.5 Å². The molecule has 7 nitrogen and oxygen atoms in total. The maximum Gasteiger partial charge on any atom is 0.573 e. The molecule has 34 heavy (non-hydrogen) atoms. The van der Waals surface area contributed by atoms with E-state index in [9.17, 15) is 22.8 Å². The molecule has 1 saturated heterocycles. The Bertz CT molecular complexity index is 1110. The van der Waals surface area contributed by atoms with Crippen molar-refractivity contribution in [3.63, 3.8) is 0 Å². The summed E-state index contributed by atoms with van der Waals surface area (Å²) in [6.45, 7) is 2.19. The summed E-state index contributed by atoms with van der Waals surface area (Å²) in [4.78, 5) is 28.8. The molecule has 1 aliphatic rings. The van der Waals surface area contributed by atoms with Gasteiger partial charge in [0.1, 0.15) is 5.75 Å². The van der Waals surface area contributed by atoms with E-state index in [4.69, 9.17) is 0 Å². The zero-order valence-corrected chi connectivity index (χ0v) is 18.2.